The minimum Gasteiger partial charge on any atom is -0.493 e. The first-order valence-corrected chi connectivity index (χ1v) is 6.24. The largest absolute Gasteiger partial charge is 0.493 e. The third-order valence-electron chi connectivity index (χ3n) is 3.17. The fourth-order valence-corrected chi connectivity index (χ4v) is 1.99. The van der Waals surface area contributed by atoms with E-state index in [1.165, 1.54) is 0 Å². The molecule has 0 bridgehead atoms. The third kappa shape index (κ3) is 3.72. The van der Waals surface area contributed by atoms with Crippen molar-refractivity contribution in [1.82, 2.24) is 0 Å². The molecule has 0 unspecified atom stereocenters. The Hall–Kier alpha value is -1.06. The highest BCUT2D eigenvalue weighted by molar-refractivity contribution is 5.29. The Balaban J connectivity index is 1.87. The van der Waals surface area contributed by atoms with E-state index in [1.54, 1.807) is 6.92 Å². The molecule has 0 saturated carbocycles. The first-order chi connectivity index (χ1) is 8.25. The average Bonchev–Trinajstić information content (AvgIpc) is 2.38. The second kappa shape index (κ2) is 6.03. The molecule has 1 N–H and O–H groups in total. The van der Waals surface area contributed by atoms with Crippen molar-refractivity contribution in [3.63, 3.8) is 0 Å². The lowest BCUT2D eigenvalue weighted by molar-refractivity contribution is 0.0497. The summed E-state index contributed by atoms with van der Waals surface area (Å²) in [6.45, 7) is 4.20. The number of rotatable bonds is 4. The van der Waals surface area contributed by atoms with E-state index in [-0.39, 0.29) is 0 Å². The summed E-state index contributed by atoms with van der Waals surface area (Å²) >= 11 is 0. The molecule has 0 radical (unpaired) electrons. The number of hydrogen-bond acceptors (Lipinski definition) is 3. The van der Waals surface area contributed by atoms with Crippen molar-refractivity contribution >= 4 is 0 Å². The summed E-state index contributed by atoms with van der Waals surface area (Å²) in [6.07, 6.45) is 1.72. The summed E-state index contributed by atoms with van der Waals surface area (Å²) in [5.41, 5.74) is 0.898. The summed E-state index contributed by atoms with van der Waals surface area (Å²) in [4.78, 5) is 0. The maximum atomic E-state index is 9.49. The van der Waals surface area contributed by atoms with Gasteiger partial charge in [-0.25, -0.2) is 0 Å². The fourth-order valence-electron chi connectivity index (χ4n) is 1.99. The summed E-state index contributed by atoms with van der Waals surface area (Å²) < 4.78 is 11.1. The SMILES string of the molecule is C[C@@H](O)c1cccc(OCC2CCOCC2)c1. The van der Waals surface area contributed by atoms with Gasteiger partial charge in [0.1, 0.15) is 5.75 Å². The highest BCUT2D eigenvalue weighted by Crippen LogP contribution is 2.21. The molecule has 0 spiro atoms. The monoisotopic (exact) mass is 236 g/mol. The molecule has 3 heteroatoms. The maximum absolute atomic E-state index is 9.49. The predicted octanol–water partition coefficient (Wildman–Crippen LogP) is 2.55. The lowest BCUT2D eigenvalue weighted by Gasteiger charge is -2.22. The third-order valence-corrected chi connectivity index (χ3v) is 3.17. The van der Waals surface area contributed by atoms with E-state index < -0.39 is 6.10 Å². The lowest BCUT2D eigenvalue weighted by atomic mass is 10.0. The van der Waals surface area contributed by atoms with Gasteiger partial charge in [-0.1, -0.05) is 12.1 Å². The molecule has 0 aromatic heterocycles. The Morgan fingerprint density at radius 1 is 1.41 bits per heavy atom. The smallest absolute Gasteiger partial charge is 0.119 e. The first kappa shape index (κ1) is 12.4. The molecule has 94 valence electrons. The van der Waals surface area contributed by atoms with Crippen molar-refractivity contribution in [3.8, 4) is 5.75 Å². The van der Waals surface area contributed by atoms with Gasteiger partial charge in [-0.15, -0.1) is 0 Å². The van der Waals surface area contributed by atoms with Crippen LogP contribution < -0.4 is 4.74 Å². The highest BCUT2D eigenvalue weighted by Gasteiger charge is 2.14. The topological polar surface area (TPSA) is 38.7 Å². The van der Waals surface area contributed by atoms with E-state index in [1.807, 2.05) is 24.3 Å². The van der Waals surface area contributed by atoms with Crippen molar-refractivity contribution in [3.05, 3.63) is 29.8 Å². The zero-order chi connectivity index (χ0) is 12.1. The van der Waals surface area contributed by atoms with Gasteiger partial charge in [0.15, 0.2) is 0 Å². The number of hydrogen-bond donors (Lipinski definition) is 1. The Bertz CT molecular complexity index is 343. The molecular weight excluding hydrogens is 216 g/mol. The van der Waals surface area contributed by atoms with Crippen LogP contribution >= 0.6 is 0 Å². The number of aliphatic hydroxyl groups excluding tert-OH is 1. The maximum Gasteiger partial charge on any atom is 0.119 e. The van der Waals surface area contributed by atoms with E-state index in [9.17, 15) is 5.11 Å². The molecule has 1 atom stereocenters. The molecule has 0 amide bonds. The summed E-state index contributed by atoms with van der Waals surface area (Å²) in [5, 5.41) is 9.49. The molecule has 1 saturated heterocycles. The lowest BCUT2D eigenvalue weighted by Crippen LogP contribution is -2.21. The van der Waals surface area contributed by atoms with Crippen LogP contribution in [0.3, 0.4) is 0 Å². The van der Waals surface area contributed by atoms with Gasteiger partial charge < -0.3 is 14.6 Å². The molecular formula is C14H20O3. The summed E-state index contributed by atoms with van der Waals surface area (Å²) in [5.74, 6) is 1.44. The van der Waals surface area contributed by atoms with Crippen LogP contribution in [0.15, 0.2) is 24.3 Å². The van der Waals surface area contributed by atoms with Crippen molar-refractivity contribution in [1.29, 1.82) is 0 Å². The van der Waals surface area contributed by atoms with E-state index in [0.29, 0.717) is 5.92 Å². The fraction of sp³-hybridized carbons (Fsp3) is 0.571. The Kier molecular flexibility index (Phi) is 4.40. The Labute approximate surface area is 102 Å². The number of aliphatic hydroxyl groups is 1. The van der Waals surface area contributed by atoms with E-state index in [2.05, 4.69) is 0 Å². The molecule has 1 heterocycles. The van der Waals surface area contributed by atoms with Crippen molar-refractivity contribution in [2.75, 3.05) is 19.8 Å². The van der Waals surface area contributed by atoms with Gasteiger partial charge in [0.25, 0.3) is 0 Å². The second-order valence-corrected chi connectivity index (χ2v) is 4.62. The first-order valence-electron chi connectivity index (χ1n) is 6.24. The van der Waals surface area contributed by atoms with Crippen LogP contribution in [0.5, 0.6) is 5.75 Å². The molecule has 17 heavy (non-hydrogen) atoms. The van der Waals surface area contributed by atoms with Crippen LogP contribution in [0, 0.1) is 5.92 Å². The molecule has 1 aromatic carbocycles. The molecule has 1 aromatic rings. The predicted molar refractivity (Wildman–Crippen MR) is 66.1 cm³/mol. The van der Waals surface area contributed by atoms with Crippen LogP contribution in [0.4, 0.5) is 0 Å². The molecule has 1 aliphatic heterocycles. The van der Waals surface area contributed by atoms with E-state index in [0.717, 1.165) is 44.0 Å². The zero-order valence-corrected chi connectivity index (χ0v) is 10.3. The molecule has 1 aliphatic rings. The normalized spacial score (nSPS) is 18.9. The van der Waals surface area contributed by atoms with E-state index in [4.69, 9.17) is 9.47 Å². The van der Waals surface area contributed by atoms with Crippen LogP contribution in [0.2, 0.25) is 0 Å². The van der Waals surface area contributed by atoms with Crippen LogP contribution in [0.25, 0.3) is 0 Å². The summed E-state index contributed by atoms with van der Waals surface area (Å²) in [6, 6.07) is 7.67. The standard InChI is InChI=1S/C14H20O3/c1-11(15)13-3-2-4-14(9-13)17-10-12-5-7-16-8-6-12/h2-4,9,11-12,15H,5-8,10H2,1H3/t11-/m1/s1. The number of ether oxygens (including phenoxy) is 2. The molecule has 0 aliphatic carbocycles. The van der Waals surface area contributed by atoms with Crippen molar-refractivity contribution < 1.29 is 14.6 Å². The van der Waals surface area contributed by atoms with Crippen LogP contribution in [-0.2, 0) is 4.74 Å². The highest BCUT2D eigenvalue weighted by atomic mass is 16.5. The zero-order valence-electron chi connectivity index (χ0n) is 10.3. The van der Waals surface area contributed by atoms with Gasteiger partial charge >= 0.3 is 0 Å². The van der Waals surface area contributed by atoms with Gasteiger partial charge in [0, 0.05) is 13.2 Å². The van der Waals surface area contributed by atoms with Gasteiger partial charge in [-0.3, -0.25) is 0 Å². The Morgan fingerprint density at radius 3 is 2.88 bits per heavy atom. The quantitative estimate of drug-likeness (QED) is 0.873. The number of benzene rings is 1. The second-order valence-electron chi connectivity index (χ2n) is 4.62. The van der Waals surface area contributed by atoms with Gasteiger partial charge in [-0.05, 0) is 43.4 Å². The van der Waals surface area contributed by atoms with Gasteiger partial charge in [-0.2, -0.15) is 0 Å². The van der Waals surface area contributed by atoms with Gasteiger partial charge in [0.2, 0.25) is 0 Å². The minimum atomic E-state index is -0.443. The minimum absolute atomic E-state index is 0.443. The molecule has 3 nitrogen and oxygen atoms in total. The molecule has 1 fully saturated rings. The van der Waals surface area contributed by atoms with Crippen LogP contribution in [-0.4, -0.2) is 24.9 Å². The van der Waals surface area contributed by atoms with Crippen molar-refractivity contribution in [2.24, 2.45) is 5.92 Å². The van der Waals surface area contributed by atoms with E-state index >= 15 is 0 Å². The van der Waals surface area contributed by atoms with Crippen molar-refractivity contribution in [2.45, 2.75) is 25.9 Å². The Morgan fingerprint density at radius 2 is 2.18 bits per heavy atom. The van der Waals surface area contributed by atoms with Crippen LogP contribution in [0.1, 0.15) is 31.4 Å². The average molecular weight is 236 g/mol. The van der Waals surface area contributed by atoms with Gasteiger partial charge in [0.05, 0.1) is 12.7 Å². The summed E-state index contributed by atoms with van der Waals surface area (Å²) in [7, 11) is 0. The molecule has 2 rings (SSSR count).